The number of hydrogen-bond donors (Lipinski definition) is 2. The number of carbonyl (C=O) groups excluding carboxylic acids is 1. The zero-order valence-corrected chi connectivity index (χ0v) is 10.4. The van der Waals surface area contributed by atoms with Gasteiger partial charge in [-0.15, -0.1) is 0 Å². The lowest BCUT2D eigenvalue weighted by Gasteiger charge is -2.13. The van der Waals surface area contributed by atoms with E-state index in [1.54, 1.807) is 0 Å². The van der Waals surface area contributed by atoms with Crippen molar-refractivity contribution in [3.8, 4) is 0 Å². The number of hydrogen-bond acceptors (Lipinski definition) is 2. The number of benzene rings is 1. The van der Waals surface area contributed by atoms with Crippen molar-refractivity contribution in [3.63, 3.8) is 0 Å². The Labute approximate surface area is 103 Å². The van der Waals surface area contributed by atoms with Crippen molar-refractivity contribution >= 4 is 5.91 Å². The third kappa shape index (κ3) is 6.07. The fraction of sp³-hybridized carbons (Fsp3) is 0.500. The summed E-state index contributed by atoms with van der Waals surface area (Å²) in [4.78, 5) is 11.4. The highest BCUT2D eigenvalue weighted by atomic mass is 16.3. The first-order valence-electron chi connectivity index (χ1n) is 6.16. The number of aliphatic hydroxyl groups excluding tert-OH is 1. The molecule has 0 saturated carbocycles. The van der Waals surface area contributed by atoms with Crippen molar-refractivity contribution in [1.29, 1.82) is 0 Å². The van der Waals surface area contributed by atoms with E-state index in [1.165, 1.54) is 5.56 Å². The second-order valence-electron chi connectivity index (χ2n) is 4.32. The molecule has 1 rings (SSSR count). The smallest absolute Gasteiger partial charge is 0.220 e. The first-order valence-corrected chi connectivity index (χ1v) is 6.16. The van der Waals surface area contributed by atoms with Gasteiger partial charge in [-0.1, -0.05) is 30.3 Å². The van der Waals surface area contributed by atoms with Crippen molar-refractivity contribution in [2.75, 3.05) is 6.61 Å². The van der Waals surface area contributed by atoms with Crippen LogP contribution in [-0.4, -0.2) is 23.7 Å². The SMILES string of the molecule is CC(CCc1ccccc1)NC(=O)CCCO. The summed E-state index contributed by atoms with van der Waals surface area (Å²) < 4.78 is 0. The highest BCUT2D eigenvalue weighted by Gasteiger charge is 2.06. The zero-order valence-electron chi connectivity index (χ0n) is 10.4. The first kappa shape index (κ1) is 13.7. The molecular formula is C14H21NO2. The van der Waals surface area contributed by atoms with E-state index in [9.17, 15) is 4.79 Å². The third-order valence-corrected chi connectivity index (χ3v) is 2.68. The van der Waals surface area contributed by atoms with Gasteiger partial charge < -0.3 is 10.4 Å². The van der Waals surface area contributed by atoms with Crippen LogP contribution in [0.25, 0.3) is 0 Å². The zero-order chi connectivity index (χ0) is 12.5. The van der Waals surface area contributed by atoms with E-state index >= 15 is 0 Å². The Morgan fingerprint density at radius 3 is 2.71 bits per heavy atom. The summed E-state index contributed by atoms with van der Waals surface area (Å²) >= 11 is 0. The van der Waals surface area contributed by atoms with Crippen molar-refractivity contribution in [1.82, 2.24) is 5.32 Å². The molecule has 0 bridgehead atoms. The maximum Gasteiger partial charge on any atom is 0.220 e. The molecule has 1 unspecified atom stereocenters. The van der Waals surface area contributed by atoms with Gasteiger partial charge in [0.1, 0.15) is 0 Å². The van der Waals surface area contributed by atoms with Crippen molar-refractivity contribution in [2.45, 2.75) is 38.6 Å². The average molecular weight is 235 g/mol. The molecule has 0 spiro atoms. The molecule has 0 aliphatic heterocycles. The number of rotatable bonds is 7. The molecule has 0 aromatic heterocycles. The van der Waals surface area contributed by atoms with Gasteiger partial charge in [0.05, 0.1) is 0 Å². The molecule has 1 atom stereocenters. The monoisotopic (exact) mass is 235 g/mol. The second-order valence-corrected chi connectivity index (χ2v) is 4.32. The lowest BCUT2D eigenvalue weighted by molar-refractivity contribution is -0.122. The number of aliphatic hydroxyl groups is 1. The maximum atomic E-state index is 11.4. The van der Waals surface area contributed by atoms with Crippen molar-refractivity contribution in [3.05, 3.63) is 35.9 Å². The molecule has 2 N–H and O–H groups in total. The van der Waals surface area contributed by atoms with Crippen LogP contribution in [0.1, 0.15) is 31.7 Å². The van der Waals surface area contributed by atoms with E-state index in [0.717, 1.165) is 12.8 Å². The molecule has 94 valence electrons. The van der Waals surface area contributed by atoms with Gasteiger partial charge in [0.15, 0.2) is 0 Å². The lowest BCUT2D eigenvalue weighted by Crippen LogP contribution is -2.32. The van der Waals surface area contributed by atoms with E-state index in [4.69, 9.17) is 5.11 Å². The summed E-state index contributed by atoms with van der Waals surface area (Å²) in [5, 5.41) is 11.6. The highest BCUT2D eigenvalue weighted by molar-refractivity contribution is 5.76. The lowest BCUT2D eigenvalue weighted by atomic mass is 10.1. The van der Waals surface area contributed by atoms with Crippen LogP contribution in [0.15, 0.2) is 30.3 Å². The highest BCUT2D eigenvalue weighted by Crippen LogP contribution is 2.05. The second kappa shape index (κ2) is 7.85. The van der Waals surface area contributed by atoms with Crippen LogP contribution in [0, 0.1) is 0 Å². The molecule has 17 heavy (non-hydrogen) atoms. The van der Waals surface area contributed by atoms with Crippen molar-refractivity contribution in [2.24, 2.45) is 0 Å². The Kier molecular flexibility index (Phi) is 6.33. The minimum atomic E-state index is 0.0274. The molecule has 1 amide bonds. The van der Waals surface area contributed by atoms with Crippen LogP contribution < -0.4 is 5.32 Å². The molecule has 0 heterocycles. The minimum Gasteiger partial charge on any atom is -0.396 e. The van der Waals surface area contributed by atoms with Crippen LogP contribution in [0.4, 0.5) is 0 Å². The van der Waals surface area contributed by atoms with Gasteiger partial charge in [-0.2, -0.15) is 0 Å². The first-order chi connectivity index (χ1) is 8.22. The largest absolute Gasteiger partial charge is 0.396 e. The Bertz CT molecular complexity index is 324. The summed E-state index contributed by atoms with van der Waals surface area (Å²) in [6.45, 7) is 2.09. The minimum absolute atomic E-state index is 0.0274. The Hall–Kier alpha value is -1.35. The van der Waals surface area contributed by atoms with Crippen LogP contribution in [0.2, 0.25) is 0 Å². The van der Waals surface area contributed by atoms with E-state index in [-0.39, 0.29) is 18.6 Å². The molecule has 0 aliphatic carbocycles. The van der Waals surface area contributed by atoms with Crippen LogP contribution >= 0.6 is 0 Å². The van der Waals surface area contributed by atoms with Gasteiger partial charge in [0, 0.05) is 19.1 Å². The fourth-order valence-electron chi connectivity index (χ4n) is 1.69. The number of carbonyl (C=O) groups is 1. The van der Waals surface area contributed by atoms with E-state index in [1.807, 2.05) is 25.1 Å². The Balaban J connectivity index is 2.21. The van der Waals surface area contributed by atoms with Gasteiger partial charge >= 0.3 is 0 Å². The maximum absolute atomic E-state index is 11.4. The fourth-order valence-corrected chi connectivity index (χ4v) is 1.69. The van der Waals surface area contributed by atoms with Crippen LogP contribution in [0.3, 0.4) is 0 Å². The van der Waals surface area contributed by atoms with E-state index in [2.05, 4.69) is 17.4 Å². The van der Waals surface area contributed by atoms with Crippen LogP contribution in [0.5, 0.6) is 0 Å². The van der Waals surface area contributed by atoms with Gasteiger partial charge in [-0.05, 0) is 31.7 Å². The van der Waals surface area contributed by atoms with Gasteiger partial charge in [-0.25, -0.2) is 0 Å². The standard InChI is InChI=1S/C14H21NO2/c1-12(15-14(17)8-5-11-16)9-10-13-6-3-2-4-7-13/h2-4,6-7,12,16H,5,8-11H2,1H3,(H,15,17). The van der Waals surface area contributed by atoms with E-state index in [0.29, 0.717) is 12.8 Å². The third-order valence-electron chi connectivity index (χ3n) is 2.68. The molecule has 0 radical (unpaired) electrons. The summed E-state index contributed by atoms with van der Waals surface area (Å²) in [6.07, 6.45) is 2.86. The number of nitrogens with one attached hydrogen (secondary N) is 1. The summed E-state index contributed by atoms with van der Waals surface area (Å²) in [5.41, 5.74) is 1.30. The number of amides is 1. The number of aryl methyl sites for hydroxylation is 1. The topological polar surface area (TPSA) is 49.3 Å². The van der Waals surface area contributed by atoms with E-state index < -0.39 is 0 Å². The molecule has 1 aromatic carbocycles. The predicted octanol–water partition coefficient (Wildman–Crippen LogP) is 1.90. The Morgan fingerprint density at radius 1 is 1.35 bits per heavy atom. The summed E-state index contributed by atoms with van der Waals surface area (Å²) in [7, 11) is 0. The molecule has 3 nitrogen and oxygen atoms in total. The molecule has 0 fully saturated rings. The molecule has 0 aliphatic rings. The van der Waals surface area contributed by atoms with Gasteiger partial charge in [0.25, 0.3) is 0 Å². The summed E-state index contributed by atoms with van der Waals surface area (Å²) in [5.74, 6) is 0.0274. The molecule has 3 heteroatoms. The average Bonchev–Trinajstić information content (AvgIpc) is 2.35. The molecule has 0 saturated heterocycles. The van der Waals surface area contributed by atoms with Crippen LogP contribution in [-0.2, 0) is 11.2 Å². The summed E-state index contributed by atoms with van der Waals surface area (Å²) in [6, 6.07) is 10.4. The predicted molar refractivity (Wildman–Crippen MR) is 68.7 cm³/mol. The van der Waals surface area contributed by atoms with Crippen molar-refractivity contribution < 1.29 is 9.90 Å². The molecule has 1 aromatic rings. The Morgan fingerprint density at radius 2 is 2.06 bits per heavy atom. The quantitative estimate of drug-likeness (QED) is 0.758. The van der Waals surface area contributed by atoms with Gasteiger partial charge in [0.2, 0.25) is 5.91 Å². The normalized spacial score (nSPS) is 12.1. The molecular weight excluding hydrogens is 214 g/mol. The van der Waals surface area contributed by atoms with Gasteiger partial charge in [-0.3, -0.25) is 4.79 Å².